The Bertz CT molecular complexity index is 820. The second-order valence-corrected chi connectivity index (χ2v) is 11.0. The van der Waals surface area contributed by atoms with Crippen molar-refractivity contribution in [3.8, 4) is 0 Å². The molecule has 0 spiro atoms. The number of ether oxygens (including phenoxy) is 1. The minimum atomic E-state index is -4.78. The minimum Gasteiger partial charge on any atom is -0.434 e. The SMILES string of the molecule is CCC(=O)OC(OS(=O)(=O)ON1C(=O)N2C[C@H]1CC[C@H]2C(N)=O)C(C)(C)CC(C)(C)C. The molecule has 3 atom stereocenters. The van der Waals surface area contributed by atoms with Crippen LogP contribution >= 0.6 is 0 Å². The number of nitrogens with zero attached hydrogens (tertiary/aromatic N) is 2. The first-order chi connectivity index (χ1) is 14.1. The lowest BCUT2D eigenvalue weighted by atomic mass is 9.76. The molecule has 2 heterocycles. The molecule has 0 aliphatic carbocycles. The molecule has 2 bridgehead atoms. The third kappa shape index (κ3) is 6.30. The van der Waals surface area contributed by atoms with Crippen molar-refractivity contribution < 1.29 is 36.0 Å². The molecule has 2 aliphatic rings. The number of esters is 1. The van der Waals surface area contributed by atoms with Crippen LogP contribution in [0.1, 0.15) is 67.2 Å². The van der Waals surface area contributed by atoms with Gasteiger partial charge in [-0.2, -0.15) is 13.5 Å². The topological polar surface area (TPSA) is 146 Å². The number of urea groups is 1. The van der Waals surface area contributed by atoms with Gasteiger partial charge in [0.15, 0.2) is 0 Å². The standard InChI is InChI=1S/C19H33N3O8S/c1-7-14(23)28-16(19(5,6)11-18(2,3)4)29-31(26,27)30-22-12-8-9-13(15(20)24)21(10-12)17(22)25/h12-13,16H,7-11H2,1-6H3,(H2,20,24)/t12-,13+,16?/m1/s1. The monoisotopic (exact) mass is 463 g/mol. The lowest BCUT2D eigenvalue weighted by molar-refractivity contribution is -0.187. The van der Waals surface area contributed by atoms with Gasteiger partial charge in [-0.3, -0.25) is 9.59 Å². The summed E-state index contributed by atoms with van der Waals surface area (Å²) in [6.45, 7) is 11.0. The highest BCUT2D eigenvalue weighted by molar-refractivity contribution is 7.81. The molecule has 0 radical (unpaired) electrons. The highest BCUT2D eigenvalue weighted by Crippen LogP contribution is 2.39. The fourth-order valence-electron chi connectivity index (χ4n) is 4.21. The van der Waals surface area contributed by atoms with Crippen molar-refractivity contribution in [1.29, 1.82) is 0 Å². The van der Waals surface area contributed by atoms with E-state index in [0.29, 0.717) is 24.3 Å². The largest absolute Gasteiger partial charge is 0.434 e. The normalized spacial score (nSPS) is 23.1. The van der Waals surface area contributed by atoms with Gasteiger partial charge in [-0.05, 0) is 24.7 Å². The summed E-state index contributed by atoms with van der Waals surface area (Å²) in [6.07, 6.45) is -0.310. The number of carbonyl (C=O) groups is 3. The Hall–Kier alpha value is -1.92. The summed E-state index contributed by atoms with van der Waals surface area (Å²) in [6, 6.07) is -2.17. The van der Waals surface area contributed by atoms with Gasteiger partial charge >= 0.3 is 22.4 Å². The summed E-state index contributed by atoms with van der Waals surface area (Å²) < 4.78 is 40.8. The van der Waals surface area contributed by atoms with E-state index in [4.69, 9.17) is 18.9 Å². The van der Waals surface area contributed by atoms with Crippen molar-refractivity contribution in [3.63, 3.8) is 0 Å². The maximum Gasteiger partial charge on any atom is 0.424 e. The van der Waals surface area contributed by atoms with Gasteiger partial charge in [-0.1, -0.05) is 41.5 Å². The van der Waals surface area contributed by atoms with Crippen molar-refractivity contribution in [2.24, 2.45) is 16.6 Å². The Kier molecular flexibility index (Phi) is 7.28. The van der Waals surface area contributed by atoms with Gasteiger partial charge in [-0.15, -0.1) is 4.28 Å². The van der Waals surface area contributed by atoms with E-state index in [0.717, 1.165) is 0 Å². The van der Waals surface area contributed by atoms with E-state index in [2.05, 4.69) is 0 Å². The number of amides is 3. The Morgan fingerprint density at radius 2 is 1.81 bits per heavy atom. The van der Waals surface area contributed by atoms with Gasteiger partial charge in [0, 0.05) is 18.4 Å². The molecule has 2 saturated heterocycles. The van der Waals surface area contributed by atoms with Crippen LogP contribution < -0.4 is 5.73 Å². The Labute approximate surface area is 183 Å². The maximum atomic E-state index is 12.7. The molecule has 12 heteroatoms. The molecule has 2 rings (SSSR count). The average Bonchev–Trinajstić information content (AvgIpc) is 2.83. The average molecular weight is 464 g/mol. The summed E-state index contributed by atoms with van der Waals surface area (Å²) in [5, 5.41) is 0.688. The second-order valence-electron chi connectivity index (χ2n) is 9.89. The zero-order valence-corrected chi connectivity index (χ0v) is 19.7. The number of hydrogen-bond donors (Lipinski definition) is 1. The van der Waals surface area contributed by atoms with Crippen LogP contribution in [-0.4, -0.2) is 61.2 Å². The number of carbonyl (C=O) groups excluding carboxylic acids is 3. The number of primary amides is 1. The van der Waals surface area contributed by atoms with E-state index in [-0.39, 0.29) is 18.4 Å². The molecule has 0 aromatic rings. The smallest absolute Gasteiger partial charge is 0.424 e. The van der Waals surface area contributed by atoms with Gasteiger partial charge in [0.1, 0.15) is 6.04 Å². The van der Waals surface area contributed by atoms with Crippen LogP contribution in [0.25, 0.3) is 0 Å². The van der Waals surface area contributed by atoms with Crippen molar-refractivity contribution in [3.05, 3.63) is 0 Å². The molecule has 2 N–H and O–H groups in total. The number of hydroxylamine groups is 2. The number of piperidine rings is 1. The van der Waals surface area contributed by atoms with Crippen LogP contribution in [0.15, 0.2) is 0 Å². The number of nitrogens with two attached hydrogens (primary N) is 1. The highest BCUT2D eigenvalue weighted by Gasteiger charge is 2.50. The molecule has 2 aliphatic heterocycles. The predicted octanol–water partition coefficient (Wildman–Crippen LogP) is 1.68. The maximum absolute atomic E-state index is 12.7. The fraction of sp³-hybridized carbons (Fsp3) is 0.842. The van der Waals surface area contributed by atoms with E-state index < -0.39 is 52.1 Å². The van der Waals surface area contributed by atoms with Gasteiger partial charge in [-0.25, -0.2) is 8.98 Å². The van der Waals surface area contributed by atoms with Gasteiger partial charge < -0.3 is 15.4 Å². The van der Waals surface area contributed by atoms with E-state index in [1.165, 1.54) is 4.90 Å². The summed E-state index contributed by atoms with van der Waals surface area (Å²) >= 11 is 0. The highest BCUT2D eigenvalue weighted by atomic mass is 32.3. The molecule has 11 nitrogen and oxygen atoms in total. The van der Waals surface area contributed by atoms with Crippen LogP contribution in [-0.2, 0) is 33.2 Å². The van der Waals surface area contributed by atoms with Crippen molar-refractivity contribution in [1.82, 2.24) is 9.96 Å². The van der Waals surface area contributed by atoms with Crippen LogP contribution in [0.2, 0.25) is 0 Å². The van der Waals surface area contributed by atoms with Crippen LogP contribution in [0.4, 0.5) is 4.79 Å². The van der Waals surface area contributed by atoms with Crippen molar-refractivity contribution in [2.45, 2.75) is 85.6 Å². The van der Waals surface area contributed by atoms with Gasteiger partial charge in [0.2, 0.25) is 12.2 Å². The Morgan fingerprint density at radius 3 is 2.32 bits per heavy atom. The molecule has 2 fully saturated rings. The van der Waals surface area contributed by atoms with Crippen molar-refractivity contribution >= 4 is 28.3 Å². The molecular weight excluding hydrogens is 430 g/mol. The van der Waals surface area contributed by atoms with E-state index in [1.807, 2.05) is 20.8 Å². The third-order valence-electron chi connectivity index (χ3n) is 5.18. The van der Waals surface area contributed by atoms with Gasteiger partial charge in [0.05, 0.1) is 6.04 Å². The lowest BCUT2D eigenvalue weighted by Gasteiger charge is -2.37. The third-order valence-corrected chi connectivity index (χ3v) is 5.93. The van der Waals surface area contributed by atoms with Crippen molar-refractivity contribution in [2.75, 3.05) is 6.54 Å². The summed E-state index contributed by atoms with van der Waals surface area (Å²) in [4.78, 5) is 37.2. The first-order valence-electron chi connectivity index (χ1n) is 10.3. The summed E-state index contributed by atoms with van der Waals surface area (Å²) in [7, 11) is -4.78. The predicted molar refractivity (Wildman–Crippen MR) is 109 cm³/mol. The summed E-state index contributed by atoms with van der Waals surface area (Å²) in [5.74, 6) is -1.30. The quantitative estimate of drug-likeness (QED) is 0.401. The van der Waals surface area contributed by atoms with Crippen LogP contribution in [0.3, 0.4) is 0 Å². The molecule has 3 amide bonds. The lowest BCUT2D eigenvalue weighted by Crippen LogP contribution is -2.47. The fourth-order valence-corrected chi connectivity index (χ4v) is 5.14. The minimum absolute atomic E-state index is 0.0303. The van der Waals surface area contributed by atoms with E-state index in [1.54, 1.807) is 20.8 Å². The molecule has 0 aromatic heterocycles. The molecule has 178 valence electrons. The molecule has 0 saturated carbocycles. The summed E-state index contributed by atoms with van der Waals surface area (Å²) in [5.41, 5.74) is 4.23. The van der Waals surface area contributed by atoms with E-state index in [9.17, 15) is 22.8 Å². The number of rotatable bonds is 9. The Morgan fingerprint density at radius 1 is 1.19 bits per heavy atom. The number of fused-ring (bicyclic) bond motifs is 2. The van der Waals surface area contributed by atoms with Crippen LogP contribution in [0.5, 0.6) is 0 Å². The van der Waals surface area contributed by atoms with Crippen LogP contribution in [0, 0.1) is 10.8 Å². The molecule has 1 unspecified atom stereocenters. The zero-order chi connectivity index (χ0) is 23.8. The second kappa shape index (κ2) is 8.91. The first kappa shape index (κ1) is 25.3. The first-order valence-corrected chi connectivity index (χ1v) is 11.6. The molecule has 31 heavy (non-hydrogen) atoms. The van der Waals surface area contributed by atoms with E-state index >= 15 is 0 Å². The van der Waals surface area contributed by atoms with Gasteiger partial charge in [0.25, 0.3) is 0 Å². The molecule has 0 aromatic carbocycles. The zero-order valence-electron chi connectivity index (χ0n) is 18.9. The Balaban J connectivity index is 2.20. The molecular formula is C19H33N3O8S. The number of hydrogen-bond acceptors (Lipinski definition) is 8.